The summed E-state index contributed by atoms with van der Waals surface area (Å²) in [5, 5.41) is 2.90. The van der Waals surface area contributed by atoms with E-state index >= 15 is 0 Å². The number of nitrogens with zero attached hydrogens (tertiary/aromatic N) is 1. The van der Waals surface area contributed by atoms with E-state index in [1.807, 2.05) is 32.9 Å². The average molecular weight is 369 g/mol. The Bertz CT molecular complexity index is 902. The van der Waals surface area contributed by atoms with Gasteiger partial charge in [-0.15, -0.1) is 0 Å². The van der Waals surface area contributed by atoms with Crippen LogP contribution in [0, 0.1) is 34.6 Å². The van der Waals surface area contributed by atoms with Crippen molar-refractivity contribution in [3.05, 3.63) is 51.3 Å². The van der Waals surface area contributed by atoms with E-state index in [1.54, 1.807) is 20.9 Å². The van der Waals surface area contributed by atoms with Crippen LogP contribution in [0.4, 0.5) is 5.69 Å². The molecule has 144 valence electrons. The first-order chi connectivity index (χ1) is 12.5. The van der Waals surface area contributed by atoms with Crippen molar-refractivity contribution in [2.75, 3.05) is 18.9 Å². The summed E-state index contributed by atoms with van der Waals surface area (Å²) in [6, 6.07) is 4.01. The molecule has 0 spiro atoms. The van der Waals surface area contributed by atoms with Gasteiger partial charge in [0.2, 0.25) is 5.91 Å². The zero-order valence-corrected chi connectivity index (χ0v) is 17.0. The zero-order valence-electron chi connectivity index (χ0n) is 17.0. The quantitative estimate of drug-likeness (QED) is 0.792. The number of carbonyl (C=O) groups excluding carboxylic acids is 3. The molecule has 1 heterocycles. The van der Waals surface area contributed by atoms with Crippen molar-refractivity contribution in [1.82, 2.24) is 9.88 Å². The molecular weight excluding hydrogens is 342 g/mol. The summed E-state index contributed by atoms with van der Waals surface area (Å²) in [6.07, 6.45) is 0. The summed E-state index contributed by atoms with van der Waals surface area (Å²) in [6.45, 7) is 10.8. The monoisotopic (exact) mass is 369 g/mol. The highest BCUT2D eigenvalue weighted by atomic mass is 16.2. The molecule has 0 aliphatic rings. The van der Waals surface area contributed by atoms with Crippen molar-refractivity contribution in [1.29, 1.82) is 0 Å². The molecule has 0 fully saturated rings. The lowest BCUT2D eigenvalue weighted by atomic mass is 10.1. The second-order valence-corrected chi connectivity index (χ2v) is 7.16. The maximum Gasteiger partial charge on any atom is 0.270 e. The number of aromatic amines is 1. The second kappa shape index (κ2) is 7.78. The van der Waals surface area contributed by atoms with Gasteiger partial charge in [-0.25, -0.2) is 0 Å². The first-order valence-corrected chi connectivity index (χ1v) is 8.86. The predicted octanol–water partition coefficient (Wildman–Crippen LogP) is 3.47. The zero-order chi connectivity index (χ0) is 20.5. The van der Waals surface area contributed by atoms with E-state index in [4.69, 9.17) is 0 Å². The fourth-order valence-corrected chi connectivity index (χ4v) is 3.53. The normalized spacial score (nSPS) is 10.6. The first-order valence-electron chi connectivity index (χ1n) is 8.86. The van der Waals surface area contributed by atoms with E-state index in [-0.39, 0.29) is 24.1 Å². The number of carbonyl (C=O) groups is 3. The van der Waals surface area contributed by atoms with Crippen molar-refractivity contribution in [2.24, 2.45) is 0 Å². The Kier molecular flexibility index (Phi) is 5.88. The van der Waals surface area contributed by atoms with Gasteiger partial charge in [0.25, 0.3) is 5.91 Å². The van der Waals surface area contributed by atoms with E-state index < -0.39 is 0 Å². The van der Waals surface area contributed by atoms with Gasteiger partial charge in [-0.1, -0.05) is 17.7 Å². The van der Waals surface area contributed by atoms with Crippen molar-refractivity contribution in [2.45, 2.75) is 41.5 Å². The lowest BCUT2D eigenvalue weighted by molar-refractivity contribution is -0.116. The minimum Gasteiger partial charge on any atom is -0.354 e. The van der Waals surface area contributed by atoms with Gasteiger partial charge in [-0.3, -0.25) is 14.4 Å². The first kappa shape index (κ1) is 20.4. The number of Topliss-reactive ketones (excluding diaryl/α,β-unsaturated/α-hetero) is 1. The number of aryl methyl sites for hydroxylation is 4. The number of aromatic nitrogens is 1. The Morgan fingerprint density at radius 2 is 1.59 bits per heavy atom. The van der Waals surface area contributed by atoms with Crippen LogP contribution in [0.15, 0.2) is 12.1 Å². The smallest absolute Gasteiger partial charge is 0.270 e. The van der Waals surface area contributed by atoms with Crippen molar-refractivity contribution >= 4 is 23.3 Å². The molecular formula is C21H27N3O3. The fourth-order valence-electron chi connectivity index (χ4n) is 3.53. The number of H-pyrrole nitrogens is 1. The van der Waals surface area contributed by atoms with Gasteiger partial charge in [-0.2, -0.15) is 0 Å². The SMILES string of the molecule is CC(=O)c1c(C)[nH]c(C(=O)N(C)CC(=O)Nc2c(C)cc(C)cc2C)c1C. The van der Waals surface area contributed by atoms with Gasteiger partial charge >= 0.3 is 0 Å². The average Bonchev–Trinajstić information content (AvgIpc) is 2.84. The number of benzene rings is 1. The lowest BCUT2D eigenvalue weighted by Gasteiger charge is -2.18. The Labute approximate surface area is 160 Å². The molecule has 2 N–H and O–H groups in total. The molecule has 2 aromatic rings. The molecule has 1 aromatic heterocycles. The Hall–Kier alpha value is -2.89. The number of rotatable bonds is 5. The maximum absolute atomic E-state index is 12.7. The number of anilines is 1. The summed E-state index contributed by atoms with van der Waals surface area (Å²) in [4.78, 5) is 41.2. The Balaban J connectivity index is 2.14. The number of hydrogen-bond donors (Lipinski definition) is 2. The molecule has 6 heteroatoms. The van der Waals surface area contributed by atoms with Gasteiger partial charge in [-0.05, 0) is 58.2 Å². The van der Waals surface area contributed by atoms with E-state index in [0.29, 0.717) is 22.5 Å². The van der Waals surface area contributed by atoms with E-state index in [2.05, 4.69) is 10.3 Å². The van der Waals surface area contributed by atoms with Gasteiger partial charge in [0.15, 0.2) is 5.78 Å². The van der Waals surface area contributed by atoms with Crippen molar-refractivity contribution in [3.63, 3.8) is 0 Å². The van der Waals surface area contributed by atoms with Gasteiger partial charge in [0, 0.05) is 24.0 Å². The Morgan fingerprint density at radius 1 is 1.04 bits per heavy atom. The third-order valence-electron chi connectivity index (χ3n) is 4.67. The number of amides is 2. The summed E-state index contributed by atoms with van der Waals surface area (Å²) >= 11 is 0. The van der Waals surface area contributed by atoms with E-state index in [9.17, 15) is 14.4 Å². The summed E-state index contributed by atoms with van der Waals surface area (Å²) in [5.41, 5.74) is 6.02. The topological polar surface area (TPSA) is 82.3 Å². The molecule has 1 aromatic carbocycles. The fraction of sp³-hybridized carbons (Fsp3) is 0.381. The maximum atomic E-state index is 12.7. The summed E-state index contributed by atoms with van der Waals surface area (Å²) < 4.78 is 0. The van der Waals surface area contributed by atoms with Gasteiger partial charge in [0.05, 0.1) is 6.54 Å². The number of hydrogen-bond acceptors (Lipinski definition) is 3. The molecule has 2 amide bonds. The van der Waals surface area contributed by atoms with Crippen LogP contribution >= 0.6 is 0 Å². The third kappa shape index (κ3) is 4.27. The van der Waals surface area contributed by atoms with E-state index in [0.717, 1.165) is 22.4 Å². The number of likely N-dealkylation sites (N-methyl/N-ethyl adjacent to an activating group) is 1. The minimum absolute atomic E-state index is 0.0848. The second-order valence-electron chi connectivity index (χ2n) is 7.16. The Morgan fingerprint density at radius 3 is 2.07 bits per heavy atom. The standard InChI is InChI=1S/C21H27N3O3/c1-11-8-12(2)19(13(3)9-11)23-17(26)10-24(7)21(27)20-14(4)18(16(6)25)15(5)22-20/h8-9,22H,10H2,1-7H3,(H,23,26). The summed E-state index contributed by atoms with van der Waals surface area (Å²) in [7, 11) is 1.57. The van der Waals surface area contributed by atoms with Crippen LogP contribution in [0.5, 0.6) is 0 Å². The molecule has 0 aliphatic heterocycles. The predicted molar refractivity (Wildman–Crippen MR) is 107 cm³/mol. The van der Waals surface area contributed by atoms with Crippen LogP contribution in [0.25, 0.3) is 0 Å². The molecule has 6 nitrogen and oxygen atoms in total. The summed E-state index contributed by atoms with van der Waals surface area (Å²) in [5.74, 6) is -0.685. The highest BCUT2D eigenvalue weighted by Crippen LogP contribution is 2.22. The molecule has 0 radical (unpaired) electrons. The van der Waals surface area contributed by atoms with Gasteiger partial charge < -0.3 is 15.2 Å². The largest absolute Gasteiger partial charge is 0.354 e. The highest BCUT2D eigenvalue weighted by Gasteiger charge is 2.23. The van der Waals surface area contributed by atoms with Crippen LogP contribution in [-0.4, -0.2) is 41.1 Å². The van der Waals surface area contributed by atoms with Crippen molar-refractivity contribution in [3.8, 4) is 0 Å². The molecule has 0 unspecified atom stereocenters. The van der Waals surface area contributed by atoms with Crippen LogP contribution in [-0.2, 0) is 4.79 Å². The number of ketones is 1. The third-order valence-corrected chi connectivity index (χ3v) is 4.67. The minimum atomic E-state index is -0.324. The van der Waals surface area contributed by atoms with Crippen molar-refractivity contribution < 1.29 is 14.4 Å². The highest BCUT2D eigenvalue weighted by molar-refractivity contribution is 6.04. The molecule has 0 aliphatic carbocycles. The van der Waals surface area contributed by atoms with Crippen LogP contribution in [0.2, 0.25) is 0 Å². The lowest BCUT2D eigenvalue weighted by Crippen LogP contribution is -2.35. The molecule has 0 bridgehead atoms. The number of nitrogens with one attached hydrogen (secondary N) is 2. The van der Waals surface area contributed by atoms with Crippen LogP contribution in [0.1, 0.15) is 55.7 Å². The van der Waals surface area contributed by atoms with Gasteiger partial charge in [0.1, 0.15) is 5.69 Å². The molecule has 27 heavy (non-hydrogen) atoms. The molecule has 0 saturated heterocycles. The molecule has 0 atom stereocenters. The van der Waals surface area contributed by atoms with E-state index in [1.165, 1.54) is 11.8 Å². The molecule has 0 saturated carbocycles. The molecule has 2 rings (SSSR count). The van der Waals surface area contributed by atoms with Crippen LogP contribution in [0.3, 0.4) is 0 Å². The van der Waals surface area contributed by atoms with Crippen LogP contribution < -0.4 is 5.32 Å².